The molecule has 0 amide bonds. The molecular formula is C11H16N4S. The van der Waals surface area contributed by atoms with E-state index in [1.54, 1.807) is 11.3 Å². The lowest BCUT2D eigenvalue weighted by Crippen LogP contribution is -2.05. The number of nitrogens with zero attached hydrogens (tertiary/aromatic N) is 2. The number of nitrogen functional groups attached to an aromatic ring is 1. The van der Waals surface area contributed by atoms with E-state index in [-0.39, 0.29) is 0 Å². The molecule has 0 aliphatic rings. The quantitative estimate of drug-likeness (QED) is 0.783. The topological polar surface area (TPSA) is 63.8 Å². The standard InChI is InChI=1S/C11H16N4S/c1-2-3-4-6-13-10-9-8(5-7-16-9)14-11(12)15-10/h5,7H,2-4,6H2,1H3,(H3,12,13,14,15). The summed E-state index contributed by atoms with van der Waals surface area (Å²) in [7, 11) is 0. The Kier molecular flexibility index (Phi) is 3.56. The maximum Gasteiger partial charge on any atom is 0.222 e. The first kappa shape index (κ1) is 11.1. The molecule has 0 unspecified atom stereocenters. The minimum absolute atomic E-state index is 0.337. The molecule has 16 heavy (non-hydrogen) atoms. The van der Waals surface area contributed by atoms with Gasteiger partial charge < -0.3 is 11.1 Å². The van der Waals surface area contributed by atoms with Gasteiger partial charge in [0.25, 0.3) is 0 Å². The molecule has 0 radical (unpaired) electrons. The van der Waals surface area contributed by atoms with Gasteiger partial charge in [-0.15, -0.1) is 11.3 Å². The smallest absolute Gasteiger partial charge is 0.222 e. The minimum Gasteiger partial charge on any atom is -0.369 e. The van der Waals surface area contributed by atoms with Crippen LogP contribution in [0.5, 0.6) is 0 Å². The predicted molar refractivity (Wildman–Crippen MR) is 69.8 cm³/mol. The number of hydrogen-bond donors (Lipinski definition) is 2. The first-order valence-electron chi connectivity index (χ1n) is 5.56. The van der Waals surface area contributed by atoms with Crippen molar-refractivity contribution >= 4 is 33.3 Å². The summed E-state index contributed by atoms with van der Waals surface area (Å²) < 4.78 is 1.09. The van der Waals surface area contributed by atoms with Crippen molar-refractivity contribution < 1.29 is 0 Å². The molecule has 0 fully saturated rings. The largest absolute Gasteiger partial charge is 0.369 e. The van der Waals surface area contributed by atoms with Crippen LogP contribution in [-0.4, -0.2) is 16.5 Å². The first-order valence-corrected chi connectivity index (χ1v) is 6.44. The molecule has 2 aromatic heterocycles. The van der Waals surface area contributed by atoms with Crippen molar-refractivity contribution in [3.05, 3.63) is 11.4 Å². The Morgan fingerprint density at radius 1 is 1.38 bits per heavy atom. The summed E-state index contributed by atoms with van der Waals surface area (Å²) in [4.78, 5) is 8.41. The van der Waals surface area contributed by atoms with Crippen LogP contribution >= 0.6 is 11.3 Å². The second-order valence-corrected chi connectivity index (χ2v) is 4.62. The summed E-state index contributed by atoms with van der Waals surface area (Å²) in [5.41, 5.74) is 6.58. The van der Waals surface area contributed by atoms with Gasteiger partial charge in [-0.1, -0.05) is 19.8 Å². The van der Waals surface area contributed by atoms with Gasteiger partial charge in [-0.2, -0.15) is 4.98 Å². The maximum atomic E-state index is 5.66. The first-order chi connectivity index (χ1) is 7.81. The second kappa shape index (κ2) is 5.12. The molecular weight excluding hydrogens is 220 g/mol. The van der Waals surface area contributed by atoms with E-state index >= 15 is 0 Å². The van der Waals surface area contributed by atoms with Crippen molar-refractivity contribution in [2.45, 2.75) is 26.2 Å². The molecule has 3 N–H and O–H groups in total. The molecule has 0 bridgehead atoms. The Hall–Kier alpha value is -1.36. The van der Waals surface area contributed by atoms with Gasteiger partial charge in [0.1, 0.15) is 5.82 Å². The van der Waals surface area contributed by atoms with E-state index in [1.165, 1.54) is 12.8 Å². The zero-order chi connectivity index (χ0) is 11.4. The van der Waals surface area contributed by atoms with Gasteiger partial charge in [0.05, 0.1) is 10.2 Å². The highest BCUT2D eigenvalue weighted by Gasteiger charge is 2.06. The fraction of sp³-hybridized carbons (Fsp3) is 0.455. The Morgan fingerprint density at radius 3 is 3.06 bits per heavy atom. The fourth-order valence-corrected chi connectivity index (χ4v) is 2.38. The van der Waals surface area contributed by atoms with E-state index in [1.807, 2.05) is 11.4 Å². The number of unbranched alkanes of at least 4 members (excludes halogenated alkanes) is 2. The number of aromatic nitrogens is 2. The summed E-state index contributed by atoms with van der Waals surface area (Å²) >= 11 is 1.64. The van der Waals surface area contributed by atoms with Crippen molar-refractivity contribution in [2.75, 3.05) is 17.6 Å². The van der Waals surface area contributed by atoms with Crippen LogP contribution in [0.4, 0.5) is 11.8 Å². The molecule has 5 heteroatoms. The average molecular weight is 236 g/mol. The summed E-state index contributed by atoms with van der Waals surface area (Å²) in [5, 5.41) is 5.34. The molecule has 2 aromatic rings. The summed E-state index contributed by atoms with van der Waals surface area (Å²) in [6.45, 7) is 3.14. The van der Waals surface area contributed by atoms with Crippen LogP contribution in [-0.2, 0) is 0 Å². The van der Waals surface area contributed by atoms with Crippen molar-refractivity contribution in [1.29, 1.82) is 0 Å². The molecule has 2 rings (SSSR count). The van der Waals surface area contributed by atoms with Crippen LogP contribution in [0.2, 0.25) is 0 Å². The molecule has 0 aliphatic carbocycles. The molecule has 0 saturated carbocycles. The third kappa shape index (κ3) is 2.41. The number of anilines is 2. The lowest BCUT2D eigenvalue weighted by Gasteiger charge is -2.06. The minimum atomic E-state index is 0.337. The third-order valence-corrected chi connectivity index (χ3v) is 3.30. The lowest BCUT2D eigenvalue weighted by molar-refractivity contribution is 0.743. The Morgan fingerprint density at radius 2 is 2.25 bits per heavy atom. The van der Waals surface area contributed by atoms with Crippen LogP contribution in [0.3, 0.4) is 0 Å². The summed E-state index contributed by atoms with van der Waals surface area (Å²) in [6.07, 6.45) is 3.62. The van der Waals surface area contributed by atoms with Crippen LogP contribution < -0.4 is 11.1 Å². The van der Waals surface area contributed by atoms with Crippen molar-refractivity contribution in [3.63, 3.8) is 0 Å². The van der Waals surface area contributed by atoms with Gasteiger partial charge in [-0.3, -0.25) is 0 Å². The van der Waals surface area contributed by atoms with Crippen molar-refractivity contribution in [3.8, 4) is 0 Å². The summed E-state index contributed by atoms with van der Waals surface area (Å²) in [6, 6.07) is 1.97. The van der Waals surface area contributed by atoms with Crippen molar-refractivity contribution in [2.24, 2.45) is 0 Å². The molecule has 0 aliphatic heterocycles. The number of hydrogen-bond acceptors (Lipinski definition) is 5. The molecule has 0 spiro atoms. The van der Waals surface area contributed by atoms with Gasteiger partial charge in [0.2, 0.25) is 5.95 Å². The van der Waals surface area contributed by atoms with Gasteiger partial charge in [0.15, 0.2) is 0 Å². The molecule has 0 saturated heterocycles. The van der Waals surface area contributed by atoms with E-state index < -0.39 is 0 Å². The third-order valence-electron chi connectivity index (χ3n) is 2.39. The Balaban J connectivity index is 2.12. The lowest BCUT2D eigenvalue weighted by atomic mass is 10.2. The monoisotopic (exact) mass is 236 g/mol. The zero-order valence-corrected chi connectivity index (χ0v) is 10.2. The van der Waals surface area contributed by atoms with Crippen LogP contribution in [0, 0.1) is 0 Å². The highest BCUT2D eigenvalue weighted by atomic mass is 32.1. The number of rotatable bonds is 5. The Labute approximate surface area is 98.9 Å². The van der Waals surface area contributed by atoms with E-state index in [0.717, 1.165) is 29.0 Å². The highest BCUT2D eigenvalue weighted by molar-refractivity contribution is 7.17. The molecule has 0 atom stereocenters. The molecule has 0 aromatic carbocycles. The van der Waals surface area contributed by atoms with Gasteiger partial charge >= 0.3 is 0 Å². The van der Waals surface area contributed by atoms with E-state index in [0.29, 0.717) is 5.95 Å². The van der Waals surface area contributed by atoms with Crippen LogP contribution in [0.25, 0.3) is 10.2 Å². The normalized spacial score (nSPS) is 10.8. The molecule has 4 nitrogen and oxygen atoms in total. The van der Waals surface area contributed by atoms with Gasteiger partial charge in [-0.05, 0) is 17.9 Å². The SMILES string of the molecule is CCCCCNc1nc(N)nc2ccsc12. The number of fused-ring (bicyclic) bond motifs is 1. The number of nitrogens with one attached hydrogen (secondary N) is 1. The molecule has 86 valence electrons. The van der Waals surface area contributed by atoms with Crippen LogP contribution in [0.1, 0.15) is 26.2 Å². The number of nitrogens with two attached hydrogens (primary N) is 1. The average Bonchev–Trinajstić information content (AvgIpc) is 2.72. The van der Waals surface area contributed by atoms with E-state index in [2.05, 4.69) is 22.2 Å². The zero-order valence-electron chi connectivity index (χ0n) is 9.36. The van der Waals surface area contributed by atoms with Gasteiger partial charge in [0, 0.05) is 6.54 Å². The summed E-state index contributed by atoms with van der Waals surface area (Å²) in [5.74, 6) is 1.21. The number of thiophene rings is 1. The van der Waals surface area contributed by atoms with E-state index in [9.17, 15) is 0 Å². The van der Waals surface area contributed by atoms with E-state index in [4.69, 9.17) is 5.73 Å². The fourth-order valence-electron chi connectivity index (χ4n) is 1.58. The predicted octanol–water partition coefficient (Wildman–Crippen LogP) is 2.88. The second-order valence-electron chi connectivity index (χ2n) is 3.70. The highest BCUT2D eigenvalue weighted by Crippen LogP contribution is 2.26. The Bertz CT molecular complexity index is 466. The molecule has 2 heterocycles. The van der Waals surface area contributed by atoms with Crippen molar-refractivity contribution in [1.82, 2.24) is 9.97 Å². The van der Waals surface area contributed by atoms with Gasteiger partial charge in [-0.25, -0.2) is 4.98 Å². The maximum absolute atomic E-state index is 5.66. The van der Waals surface area contributed by atoms with Crippen LogP contribution in [0.15, 0.2) is 11.4 Å².